The zero-order valence-corrected chi connectivity index (χ0v) is 13.8. The van der Waals surface area contributed by atoms with Crippen LogP contribution in [0.4, 0.5) is 21.6 Å². The summed E-state index contributed by atoms with van der Waals surface area (Å²) in [5.41, 5.74) is 3.08. The molecule has 0 spiro atoms. The van der Waals surface area contributed by atoms with Crippen molar-refractivity contribution in [3.8, 4) is 0 Å². The average Bonchev–Trinajstić information content (AvgIpc) is 2.61. The number of aromatic nitrogens is 1. The van der Waals surface area contributed by atoms with Gasteiger partial charge in [-0.05, 0) is 42.3 Å². The Balaban J connectivity index is 1.62. The number of benzene rings is 2. The summed E-state index contributed by atoms with van der Waals surface area (Å²) in [7, 11) is 0. The van der Waals surface area contributed by atoms with E-state index in [0.717, 1.165) is 11.1 Å². The van der Waals surface area contributed by atoms with Crippen LogP contribution in [-0.4, -0.2) is 10.9 Å². The molecule has 0 aliphatic carbocycles. The Labute approximate surface area is 145 Å². The molecule has 0 radical (unpaired) electrons. The second-order valence-corrected chi connectivity index (χ2v) is 5.69. The van der Waals surface area contributed by atoms with Gasteiger partial charge in [0.15, 0.2) is 0 Å². The second-order valence-electron chi connectivity index (χ2n) is 5.69. The first kappa shape index (κ1) is 16.6. The van der Waals surface area contributed by atoms with Crippen LogP contribution in [0.3, 0.4) is 0 Å². The van der Waals surface area contributed by atoms with Gasteiger partial charge in [0, 0.05) is 0 Å². The van der Waals surface area contributed by atoms with Gasteiger partial charge in [-0.3, -0.25) is 4.79 Å². The summed E-state index contributed by atoms with van der Waals surface area (Å²) in [5, 5.41) is 5.72. The summed E-state index contributed by atoms with van der Waals surface area (Å²) in [4.78, 5) is 16.3. The minimum Gasteiger partial charge on any atom is -0.352 e. The molecule has 0 atom stereocenters. The normalized spacial score (nSPS) is 10.3. The van der Waals surface area contributed by atoms with E-state index in [-0.39, 0.29) is 11.7 Å². The fourth-order valence-corrected chi connectivity index (χ4v) is 2.43. The molecule has 0 unspecified atom stereocenters. The Morgan fingerprint density at radius 2 is 1.80 bits per heavy atom. The number of carbonyl (C=O) groups is 1. The largest absolute Gasteiger partial charge is 0.352 e. The number of carbonyl (C=O) groups excluding carboxylic acids is 1. The molecule has 3 aromatic rings. The van der Waals surface area contributed by atoms with Gasteiger partial charge in [0.2, 0.25) is 5.91 Å². The third kappa shape index (κ3) is 4.41. The van der Waals surface area contributed by atoms with Crippen LogP contribution < -0.4 is 10.6 Å². The first-order valence-corrected chi connectivity index (χ1v) is 7.94. The Hall–Kier alpha value is -3.21. The summed E-state index contributed by atoms with van der Waals surface area (Å²) in [5.74, 6) is -0.00705. The number of aryl methyl sites for hydroxylation is 1. The van der Waals surface area contributed by atoms with Crippen molar-refractivity contribution in [1.29, 1.82) is 0 Å². The van der Waals surface area contributed by atoms with E-state index < -0.39 is 0 Å². The molecule has 0 fully saturated rings. The van der Waals surface area contributed by atoms with Crippen LogP contribution in [0.25, 0.3) is 0 Å². The van der Waals surface area contributed by atoms with Gasteiger partial charge in [-0.1, -0.05) is 36.4 Å². The lowest BCUT2D eigenvalue weighted by Gasteiger charge is -2.09. The van der Waals surface area contributed by atoms with Crippen LogP contribution in [0.5, 0.6) is 0 Å². The number of halogens is 1. The van der Waals surface area contributed by atoms with E-state index in [1.807, 2.05) is 31.2 Å². The molecule has 3 rings (SSSR count). The van der Waals surface area contributed by atoms with Crippen molar-refractivity contribution >= 4 is 23.1 Å². The monoisotopic (exact) mass is 335 g/mol. The molecular weight excluding hydrogens is 317 g/mol. The van der Waals surface area contributed by atoms with Crippen molar-refractivity contribution in [3.63, 3.8) is 0 Å². The fraction of sp³-hybridized carbons (Fsp3) is 0.100. The summed E-state index contributed by atoms with van der Waals surface area (Å²) >= 11 is 0. The maximum absolute atomic E-state index is 13.6. The third-order valence-corrected chi connectivity index (χ3v) is 3.80. The summed E-state index contributed by atoms with van der Waals surface area (Å²) < 4.78 is 13.6. The zero-order chi connectivity index (χ0) is 17.6. The number of anilines is 3. The molecule has 2 N–H and O–H groups in total. The van der Waals surface area contributed by atoms with Crippen molar-refractivity contribution in [2.75, 3.05) is 10.6 Å². The number of nitrogens with one attached hydrogen (secondary N) is 2. The molecule has 0 aliphatic rings. The van der Waals surface area contributed by atoms with E-state index in [9.17, 15) is 9.18 Å². The zero-order valence-electron chi connectivity index (χ0n) is 13.8. The smallest absolute Gasteiger partial charge is 0.229 e. The predicted octanol–water partition coefficient (Wildman–Crippen LogP) is 4.45. The van der Waals surface area contributed by atoms with Crippen molar-refractivity contribution in [3.05, 3.63) is 83.8 Å². The van der Waals surface area contributed by atoms with Crippen LogP contribution in [-0.2, 0) is 11.2 Å². The number of amides is 1. The molecule has 0 saturated heterocycles. The minimum atomic E-state index is -0.335. The molecule has 0 bridgehead atoms. The molecule has 126 valence electrons. The maximum atomic E-state index is 13.6. The van der Waals surface area contributed by atoms with Gasteiger partial charge < -0.3 is 10.6 Å². The van der Waals surface area contributed by atoms with E-state index in [4.69, 9.17) is 0 Å². The van der Waals surface area contributed by atoms with Gasteiger partial charge in [-0.2, -0.15) is 0 Å². The molecule has 25 heavy (non-hydrogen) atoms. The van der Waals surface area contributed by atoms with Crippen molar-refractivity contribution in [2.45, 2.75) is 13.3 Å². The summed E-state index contributed by atoms with van der Waals surface area (Å²) in [6.07, 6.45) is 1.85. The number of hydrogen-bond acceptors (Lipinski definition) is 3. The molecule has 1 aromatic heterocycles. The molecule has 5 heteroatoms. The summed E-state index contributed by atoms with van der Waals surface area (Å²) in [6.45, 7) is 1.98. The Morgan fingerprint density at radius 3 is 2.52 bits per heavy atom. The number of nitrogens with zero attached hydrogens (tertiary/aromatic N) is 1. The molecule has 2 aromatic carbocycles. The van der Waals surface area contributed by atoms with Crippen molar-refractivity contribution in [2.24, 2.45) is 0 Å². The highest BCUT2D eigenvalue weighted by atomic mass is 19.1. The lowest BCUT2D eigenvalue weighted by molar-refractivity contribution is -0.115. The Bertz CT molecular complexity index is 878. The Kier molecular flexibility index (Phi) is 5.04. The van der Waals surface area contributed by atoms with Crippen LogP contribution in [0.15, 0.2) is 66.9 Å². The molecule has 0 aliphatic heterocycles. The van der Waals surface area contributed by atoms with E-state index in [1.165, 1.54) is 6.07 Å². The van der Waals surface area contributed by atoms with Gasteiger partial charge in [0.05, 0.1) is 24.0 Å². The van der Waals surface area contributed by atoms with Gasteiger partial charge >= 0.3 is 0 Å². The van der Waals surface area contributed by atoms with Crippen LogP contribution in [0, 0.1) is 12.7 Å². The van der Waals surface area contributed by atoms with Crippen LogP contribution in [0.1, 0.15) is 11.1 Å². The highest BCUT2D eigenvalue weighted by Gasteiger charge is 2.07. The number of hydrogen-bond donors (Lipinski definition) is 2. The van der Waals surface area contributed by atoms with E-state index in [2.05, 4.69) is 15.6 Å². The fourth-order valence-electron chi connectivity index (χ4n) is 2.43. The SMILES string of the molecule is Cc1ccccc1CC(=O)Nc1ccc(Nc2ccccc2F)cn1. The highest BCUT2D eigenvalue weighted by Crippen LogP contribution is 2.19. The van der Waals surface area contributed by atoms with E-state index >= 15 is 0 Å². The van der Waals surface area contributed by atoms with Crippen molar-refractivity contribution in [1.82, 2.24) is 4.98 Å². The third-order valence-electron chi connectivity index (χ3n) is 3.80. The summed E-state index contributed by atoms with van der Waals surface area (Å²) in [6, 6.07) is 17.6. The Morgan fingerprint density at radius 1 is 1.04 bits per heavy atom. The van der Waals surface area contributed by atoms with E-state index in [0.29, 0.717) is 23.6 Å². The maximum Gasteiger partial charge on any atom is 0.229 e. The number of rotatable bonds is 5. The van der Waals surface area contributed by atoms with Gasteiger partial charge in [0.25, 0.3) is 0 Å². The molecule has 0 saturated carbocycles. The van der Waals surface area contributed by atoms with Gasteiger partial charge in [-0.25, -0.2) is 9.37 Å². The molecule has 1 amide bonds. The van der Waals surface area contributed by atoms with Crippen LogP contribution >= 0.6 is 0 Å². The lowest BCUT2D eigenvalue weighted by Crippen LogP contribution is -2.15. The minimum absolute atomic E-state index is 0.128. The first-order chi connectivity index (χ1) is 12.1. The lowest BCUT2D eigenvalue weighted by atomic mass is 10.1. The molecular formula is C20H18FN3O. The molecule has 4 nitrogen and oxygen atoms in total. The van der Waals surface area contributed by atoms with Gasteiger partial charge in [-0.15, -0.1) is 0 Å². The van der Waals surface area contributed by atoms with Gasteiger partial charge in [0.1, 0.15) is 11.6 Å². The predicted molar refractivity (Wildman–Crippen MR) is 97.4 cm³/mol. The van der Waals surface area contributed by atoms with Crippen molar-refractivity contribution < 1.29 is 9.18 Å². The van der Waals surface area contributed by atoms with E-state index in [1.54, 1.807) is 36.5 Å². The standard InChI is InChI=1S/C20H18FN3O/c1-14-6-2-3-7-15(14)12-20(25)24-19-11-10-16(13-22-19)23-18-9-5-4-8-17(18)21/h2-11,13,23H,12H2,1H3,(H,22,24,25). The molecule has 1 heterocycles. The topological polar surface area (TPSA) is 54.0 Å². The van der Waals surface area contributed by atoms with Crippen LogP contribution in [0.2, 0.25) is 0 Å². The first-order valence-electron chi connectivity index (χ1n) is 7.94. The highest BCUT2D eigenvalue weighted by molar-refractivity contribution is 5.91. The number of pyridine rings is 1. The quantitative estimate of drug-likeness (QED) is 0.724. The average molecular weight is 335 g/mol. The second kappa shape index (κ2) is 7.57. The number of para-hydroxylation sites is 1.